The van der Waals surface area contributed by atoms with Gasteiger partial charge in [-0.15, -0.1) is 11.3 Å². The van der Waals surface area contributed by atoms with Crippen molar-refractivity contribution in [3.05, 3.63) is 69.5 Å². The van der Waals surface area contributed by atoms with Gasteiger partial charge in [-0.2, -0.15) is 5.26 Å². The average molecular weight is 517 g/mol. The lowest BCUT2D eigenvalue weighted by molar-refractivity contribution is 0.0606. The van der Waals surface area contributed by atoms with E-state index >= 15 is 0 Å². The van der Waals surface area contributed by atoms with Crippen LogP contribution in [0.3, 0.4) is 0 Å². The molecule has 0 unspecified atom stereocenters. The lowest BCUT2D eigenvalue weighted by Crippen LogP contribution is -2.36. The van der Waals surface area contributed by atoms with Gasteiger partial charge in [-0.3, -0.25) is 0 Å². The molecule has 1 aliphatic heterocycles. The van der Waals surface area contributed by atoms with Gasteiger partial charge < -0.3 is 23.6 Å². The smallest absolute Gasteiger partial charge is 0.348 e. The van der Waals surface area contributed by atoms with Crippen LogP contribution in [-0.2, 0) is 16.1 Å². The molecule has 3 aromatic heterocycles. The quantitative estimate of drug-likeness (QED) is 0.318. The molecule has 10 heteroatoms. The van der Waals surface area contributed by atoms with Gasteiger partial charge in [-0.05, 0) is 37.3 Å². The number of aromatic nitrogens is 2. The van der Waals surface area contributed by atoms with Gasteiger partial charge in [0.05, 0.1) is 31.7 Å². The highest BCUT2D eigenvalue weighted by molar-refractivity contribution is 7.13. The number of ether oxygens (including phenoxy) is 3. The molecule has 0 bridgehead atoms. The van der Waals surface area contributed by atoms with Crippen LogP contribution in [0.2, 0.25) is 0 Å². The van der Waals surface area contributed by atoms with E-state index in [0.29, 0.717) is 40.8 Å². The molecule has 188 valence electrons. The Morgan fingerprint density at radius 1 is 1.16 bits per heavy atom. The molecule has 0 amide bonds. The Hall–Kier alpha value is -4.20. The Bertz CT molecular complexity index is 1450. The molecular weight excluding hydrogens is 492 g/mol. The molecule has 1 aliphatic rings. The number of morpholine rings is 1. The van der Waals surface area contributed by atoms with Crippen LogP contribution in [0.5, 0.6) is 5.88 Å². The van der Waals surface area contributed by atoms with Gasteiger partial charge in [0, 0.05) is 40.8 Å². The third-order valence-electron chi connectivity index (χ3n) is 5.93. The van der Waals surface area contributed by atoms with Crippen molar-refractivity contribution in [2.45, 2.75) is 13.5 Å². The van der Waals surface area contributed by atoms with Gasteiger partial charge in [-0.25, -0.2) is 9.78 Å². The molecule has 4 heterocycles. The minimum atomic E-state index is -0.405. The number of esters is 1. The first-order chi connectivity index (χ1) is 18.1. The number of nitriles is 1. The van der Waals surface area contributed by atoms with Crippen LogP contribution in [0.25, 0.3) is 22.6 Å². The largest absolute Gasteiger partial charge is 0.471 e. The fraction of sp³-hybridized carbons (Fsp3) is 0.259. The Morgan fingerprint density at radius 3 is 2.62 bits per heavy atom. The number of anilines is 1. The third-order valence-corrected chi connectivity index (χ3v) is 6.97. The zero-order valence-electron chi connectivity index (χ0n) is 20.4. The van der Waals surface area contributed by atoms with E-state index in [1.54, 1.807) is 18.2 Å². The van der Waals surface area contributed by atoms with E-state index < -0.39 is 5.97 Å². The van der Waals surface area contributed by atoms with Crippen LogP contribution >= 0.6 is 11.3 Å². The topological polar surface area (TPSA) is 111 Å². The predicted molar refractivity (Wildman–Crippen MR) is 138 cm³/mol. The lowest BCUT2D eigenvalue weighted by Gasteiger charge is -2.28. The summed E-state index contributed by atoms with van der Waals surface area (Å²) in [6.45, 7) is 5.08. The first kappa shape index (κ1) is 24.5. The third kappa shape index (κ3) is 5.33. The molecule has 5 rings (SSSR count). The van der Waals surface area contributed by atoms with Gasteiger partial charge in [0.15, 0.2) is 5.76 Å². The van der Waals surface area contributed by atoms with Crippen molar-refractivity contribution in [3.8, 4) is 34.5 Å². The Labute approximate surface area is 217 Å². The summed E-state index contributed by atoms with van der Waals surface area (Å²) < 4.78 is 21.7. The SMILES string of the molecule is COC(=O)c1ccc(COc2nc(-c3ccc(N4CCOCC4)cc3)cc(-c3cc(C)no3)c2C#N)s1. The van der Waals surface area contributed by atoms with E-state index in [2.05, 4.69) is 28.3 Å². The van der Waals surface area contributed by atoms with E-state index in [0.717, 1.165) is 29.2 Å². The second-order valence-electron chi connectivity index (χ2n) is 8.37. The number of carbonyl (C=O) groups is 1. The first-order valence-corrected chi connectivity index (χ1v) is 12.5. The molecule has 4 aromatic rings. The highest BCUT2D eigenvalue weighted by Gasteiger charge is 2.20. The molecule has 0 N–H and O–H groups in total. The summed E-state index contributed by atoms with van der Waals surface area (Å²) >= 11 is 1.27. The molecular formula is C27H24N4O5S. The molecule has 0 aliphatic carbocycles. The maximum absolute atomic E-state index is 11.8. The summed E-state index contributed by atoms with van der Waals surface area (Å²) in [4.78, 5) is 20.0. The molecule has 37 heavy (non-hydrogen) atoms. The van der Waals surface area contributed by atoms with E-state index in [1.807, 2.05) is 25.1 Å². The predicted octanol–water partition coefficient (Wildman–Crippen LogP) is 4.85. The molecule has 0 radical (unpaired) electrons. The van der Waals surface area contributed by atoms with Crippen LogP contribution in [0.4, 0.5) is 5.69 Å². The molecule has 0 spiro atoms. The summed E-state index contributed by atoms with van der Waals surface area (Å²) in [5.41, 5.74) is 4.10. The number of nitrogens with zero attached hydrogens (tertiary/aromatic N) is 4. The maximum Gasteiger partial charge on any atom is 0.348 e. The number of hydrogen-bond donors (Lipinski definition) is 0. The van der Waals surface area contributed by atoms with E-state index in [4.69, 9.17) is 23.7 Å². The Morgan fingerprint density at radius 2 is 1.95 bits per heavy atom. The molecule has 0 atom stereocenters. The van der Waals surface area contributed by atoms with Gasteiger partial charge in [0.25, 0.3) is 0 Å². The van der Waals surface area contributed by atoms with E-state index in [1.165, 1.54) is 18.4 Å². The lowest BCUT2D eigenvalue weighted by atomic mass is 10.0. The number of thiophene rings is 1. The normalized spacial score (nSPS) is 13.3. The summed E-state index contributed by atoms with van der Waals surface area (Å²) in [6, 6.07) is 17.4. The van der Waals surface area contributed by atoms with Crippen molar-refractivity contribution >= 4 is 23.0 Å². The second-order valence-corrected chi connectivity index (χ2v) is 9.54. The minimum Gasteiger partial charge on any atom is -0.471 e. The second kappa shape index (κ2) is 10.8. The van der Waals surface area contributed by atoms with Gasteiger partial charge >= 0.3 is 5.97 Å². The molecule has 1 fully saturated rings. The van der Waals surface area contributed by atoms with Gasteiger partial charge in [0.1, 0.15) is 23.1 Å². The zero-order chi connectivity index (χ0) is 25.8. The van der Waals surface area contributed by atoms with Crippen LogP contribution < -0.4 is 9.64 Å². The summed E-state index contributed by atoms with van der Waals surface area (Å²) in [6.07, 6.45) is 0. The number of hydrogen-bond acceptors (Lipinski definition) is 10. The number of benzene rings is 1. The average Bonchev–Trinajstić information content (AvgIpc) is 3.60. The summed E-state index contributed by atoms with van der Waals surface area (Å²) in [5.74, 6) is 0.225. The molecule has 1 saturated heterocycles. The molecule has 0 saturated carbocycles. The minimum absolute atomic E-state index is 0.137. The summed E-state index contributed by atoms with van der Waals surface area (Å²) in [7, 11) is 1.34. The van der Waals surface area contributed by atoms with Crippen molar-refractivity contribution < 1.29 is 23.5 Å². The van der Waals surface area contributed by atoms with Gasteiger partial charge in [0.2, 0.25) is 5.88 Å². The monoisotopic (exact) mass is 516 g/mol. The standard InChI is InChI=1S/C27H24N4O5S/c1-17-13-24(36-30-17)21-14-23(18-3-5-19(6-4-18)31-9-11-34-12-10-31)29-26(22(21)15-28)35-16-20-7-8-25(37-20)27(32)33-2/h3-8,13-14H,9-12,16H2,1-2H3. The fourth-order valence-corrected chi connectivity index (χ4v) is 4.88. The number of methoxy groups -OCH3 is 1. The van der Waals surface area contributed by atoms with E-state index in [-0.39, 0.29) is 18.1 Å². The maximum atomic E-state index is 11.8. The summed E-state index contributed by atoms with van der Waals surface area (Å²) in [5, 5.41) is 14.0. The van der Waals surface area contributed by atoms with Crippen molar-refractivity contribution in [2.24, 2.45) is 0 Å². The van der Waals surface area contributed by atoms with Crippen LogP contribution in [-0.4, -0.2) is 49.5 Å². The van der Waals surface area contributed by atoms with E-state index in [9.17, 15) is 10.1 Å². The number of pyridine rings is 1. The van der Waals surface area contributed by atoms with Crippen molar-refractivity contribution in [1.29, 1.82) is 5.26 Å². The van der Waals surface area contributed by atoms with Gasteiger partial charge in [-0.1, -0.05) is 17.3 Å². The van der Waals surface area contributed by atoms with Crippen LogP contribution in [0.15, 0.2) is 53.1 Å². The zero-order valence-corrected chi connectivity index (χ0v) is 21.2. The highest BCUT2D eigenvalue weighted by Crippen LogP contribution is 2.35. The fourth-order valence-electron chi connectivity index (χ4n) is 4.04. The Kier molecular flexibility index (Phi) is 7.16. The Balaban J connectivity index is 1.49. The highest BCUT2D eigenvalue weighted by atomic mass is 32.1. The van der Waals surface area contributed by atoms with Crippen molar-refractivity contribution in [2.75, 3.05) is 38.3 Å². The van der Waals surface area contributed by atoms with Crippen LogP contribution in [0, 0.1) is 18.3 Å². The van der Waals surface area contributed by atoms with Crippen molar-refractivity contribution in [1.82, 2.24) is 10.1 Å². The number of aryl methyl sites for hydroxylation is 1. The number of rotatable bonds is 7. The molecule has 9 nitrogen and oxygen atoms in total. The molecule has 1 aromatic carbocycles. The number of carbonyl (C=O) groups excluding carboxylic acids is 1. The first-order valence-electron chi connectivity index (χ1n) is 11.7. The van der Waals surface area contributed by atoms with Crippen LogP contribution in [0.1, 0.15) is 25.8 Å². The van der Waals surface area contributed by atoms with Crippen molar-refractivity contribution in [3.63, 3.8) is 0 Å².